The standard InChI is InChI=1S/C17H18BrClN2O3S/c1-21-9-8-14(11-21)24-17-10-13(4-7-16(17)19)20-25(22,23)15-5-2-12(18)3-6-15/h2-7,10,14,20H,8-9,11H2,1H3/t14-/m1/s1. The summed E-state index contributed by atoms with van der Waals surface area (Å²) in [7, 11) is -1.64. The van der Waals surface area contributed by atoms with Gasteiger partial charge < -0.3 is 9.64 Å². The van der Waals surface area contributed by atoms with E-state index in [0.717, 1.165) is 24.0 Å². The van der Waals surface area contributed by atoms with Gasteiger partial charge in [0.1, 0.15) is 11.9 Å². The quantitative estimate of drug-likeness (QED) is 0.756. The van der Waals surface area contributed by atoms with E-state index < -0.39 is 10.0 Å². The largest absolute Gasteiger partial charge is 0.487 e. The van der Waals surface area contributed by atoms with Crippen LogP contribution in [0.25, 0.3) is 0 Å². The number of nitrogens with zero attached hydrogens (tertiary/aromatic N) is 1. The van der Waals surface area contributed by atoms with Crippen molar-refractivity contribution in [3.05, 3.63) is 52.0 Å². The van der Waals surface area contributed by atoms with Crippen molar-refractivity contribution < 1.29 is 13.2 Å². The van der Waals surface area contributed by atoms with Gasteiger partial charge in [0, 0.05) is 23.6 Å². The Bertz CT molecular complexity index is 859. The summed E-state index contributed by atoms with van der Waals surface area (Å²) in [6, 6.07) is 11.3. The highest BCUT2D eigenvalue weighted by Crippen LogP contribution is 2.31. The van der Waals surface area contributed by atoms with E-state index in [-0.39, 0.29) is 11.0 Å². The third kappa shape index (κ3) is 4.67. The van der Waals surface area contributed by atoms with Gasteiger partial charge in [-0.2, -0.15) is 0 Å². The summed E-state index contributed by atoms with van der Waals surface area (Å²) in [6.07, 6.45) is 0.975. The van der Waals surface area contributed by atoms with Crippen LogP contribution < -0.4 is 9.46 Å². The minimum Gasteiger partial charge on any atom is -0.487 e. The van der Waals surface area contributed by atoms with Crippen molar-refractivity contribution in [3.63, 3.8) is 0 Å². The molecule has 5 nitrogen and oxygen atoms in total. The summed E-state index contributed by atoms with van der Waals surface area (Å²) in [6.45, 7) is 1.79. The van der Waals surface area contributed by atoms with E-state index in [2.05, 4.69) is 25.6 Å². The molecule has 25 heavy (non-hydrogen) atoms. The van der Waals surface area contributed by atoms with Gasteiger partial charge >= 0.3 is 0 Å². The SMILES string of the molecule is CN1CC[C@@H](Oc2cc(NS(=O)(=O)c3ccc(Br)cc3)ccc2Cl)C1. The van der Waals surface area contributed by atoms with Crippen LogP contribution >= 0.6 is 27.5 Å². The first-order chi connectivity index (χ1) is 11.8. The van der Waals surface area contributed by atoms with E-state index in [0.29, 0.717) is 16.5 Å². The molecule has 1 fully saturated rings. The predicted octanol–water partition coefficient (Wildman–Crippen LogP) is 3.99. The van der Waals surface area contributed by atoms with Crippen LogP contribution in [-0.4, -0.2) is 39.6 Å². The van der Waals surface area contributed by atoms with E-state index >= 15 is 0 Å². The van der Waals surface area contributed by atoms with E-state index in [1.54, 1.807) is 30.3 Å². The van der Waals surface area contributed by atoms with Crippen LogP contribution in [-0.2, 0) is 10.0 Å². The van der Waals surface area contributed by atoms with Crippen LogP contribution in [0.3, 0.4) is 0 Å². The smallest absolute Gasteiger partial charge is 0.261 e. The van der Waals surface area contributed by atoms with Gasteiger partial charge in [0.05, 0.1) is 15.6 Å². The molecule has 0 radical (unpaired) electrons. The Hall–Kier alpha value is -1.28. The lowest BCUT2D eigenvalue weighted by Crippen LogP contribution is -2.21. The summed E-state index contributed by atoms with van der Waals surface area (Å²) in [5.41, 5.74) is 0.411. The Balaban J connectivity index is 1.78. The maximum absolute atomic E-state index is 12.5. The minimum absolute atomic E-state index is 0.0563. The van der Waals surface area contributed by atoms with Crippen LogP contribution in [0.1, 0.15) is 6.42 Å². The van der Waals surface area contributed by atoms with Crippen molar-refractivity contribution in [3.8, 4) is 5.75 Å². The van der Waals surface area contributed by atoms with E-state index in [9.17, 15) is 8.42 Å². The molecular formula is C17H18BrClN2O3S. The van der Waals surface area contributed by atoms with Crippen molar-refractivity contribution in [1.29, 1.82) is 0 Å². The average molecular weight is 446 g/mol. The number of likely N-dealkylation sites (N-methyl/N-ethyl adjacent to an activating group) is 1. The molecule has 0 aromatic heterocycles. The number of ether oxygens (including phenoxy) is 1. The second-order valence-electron chi connectivity index (χ2n) is 6.00. The zero-order valence-corrected chi connectivity index (χ0v) is 16.7. The Morgan fingerprint density at radius 2 is 1.96 bits per heavy atom. The first-order valence-electron chi connectivity index (χ1n) is 7.76. The lowest BCUT2D eigenvalue weighted by molar-refractivity contribution is 0.208. The Kier molecular flexibility index (Phi) is 5.58. The number of hydrogen-bond donors (Lipinski definition) is 1. The lowest BCUT2D eigenvalue weighted by atomic mass is 10.3. The van der Waals surface area contributed by atoms with Crippen LogP contribution in [0.5, 0.6) is 5.75 Å². The Morgan fingerprint density at radius 3 is 2.60 bits per heavy atom. The maximum Gasteiger partial charge on any atom is 0.261 e. The number of likely N-dealkylation sites (tertiary alicyclic amines) is 1. The van der Waals surface area contributed by atoms with Gasteiger partial charge in [0.25, 0.3) is 10.0 Å². The molecule has 0 unspecified atom stereocenters. The molecule has 0 aliphatic carbocycles. The van der Waals surface area contributed by atoms with Crippen LogP contribution in [0.4, 0.5) is 5.69 Å². The van der Waals surface area contributed by atoms with E-state index in [4.69, 9.17) is 16.3 Å². The van der Waals surface area contributed by atoms with E-state index in [1.165, 1.54) is 12.1 Å². The molecule has 0 spiro atoms. The summed E-state index contributed by atoms with van der Waals surface area (Å²) < 4.78 is 34.3. The van der Waals surface area contributed by atoms with Crippen LogP contribution in [0.15, 0.2) is 51.8 Å². The van der Waals surface area contributed by atoms with Crippen molar-refractivity contribution in [1.82, 2.24) is 4.90 Å². The zero-order chi connectivity index (χ0) is 18.0. The fraction of sp³-hybridized carbons (Fsp3) is 0.294. The molecule has 3 rings (SSSR count). The molecule has 1 saturated heterocycles. The topological polar surface area (TPSA) is 58.6 Å². The molecule has 2 aromatic carbocycles. The monoisotopic (exact) mass is 444 g/mol. The summed E-state index contributed by atoms with van der Waals surface area (Å²) in [5, 5.41) is 0.459. The number of sulfonamides is 1. The predicted molar refractivity (Wildman–Crippen MR) is 103 cm³/mol. The normalized spacial score (nSPS) is 18.3. The molecule has 1 atom stereocenters. The minimum atomic E-state index is -3.67. The van der Waals surface area contributed by atoms with Gasteiger partial charge in [-0.15, -0.1) is 0 Å². The molecule has 134 valence electrons. The molecule has 0 bridgehead atoms. The van der Waals surface area contributed by atoms with E-state index in [1.807, 2.05) is 7.05 Å². The molecule has 1 aliphatic rings. The number of halogens is 2. The third-order valence-corrected chi connectivity index (χ3v) is 6.19. The average Bonchev–Trinajstić information content (AvgIpc) is 2.96. The van der Waals surface area contributed by atoms with Crippen molar-refractivity contribution in [2.24, 2.45) is 0 Å². The summed E-state index contributed by atoms with van der Waals surface area (Å²) in [5.74, 6) is 0.484. The molecule has 1 N–H and O–H groups in total. The van der Waals surface area contributed by atoms with Crippen molar-refractivity contribution in [2.75, 3.05) is 24.9 Å². The zero-order valence-electron chi connectivity index (χ0n) is 13.6. The second kappa shape index (κ2) is 7.53. The molecule has 1 aliphatic heterocycles. The Labute approximate surface area is 161 Å². The summed E-state index contributed by atoms with van der Waals surface area (Å²) >= 11 is 9.49. The molecule has 0 saturated carbocycles. The van der Waals surface area contributed by atoms with Crippen molar-refractivity contribution in [2.45, 2.75) is 17.4 Å². The third-order valence-electron chi connectivity index (χ3n) is 3.95. The van der Waals surface area contributed by atoms with Gasteiger partial charge in [-0.1, -0.05) is 27.5 Å². The highest BCUT2D eigenvalue weighted by Gasteiger charge is 2.22. The second-order valence-corrected chi connectivity index (χ2v) is 9.00. The highest BCUT2D eigenvalue weighted by molar-refractivity contribution is 9.10. The fourth-order valence-electron chi connectivity index (χ4n) is 2.66. The number of benzene rings is 2. The fourth-order valence-corrected chi connectivity index (χ4v) is 4.13. The molecular weight excluding hydrogens is 428 g/mol. The lowest BCUT2D eigenvalue weighted by Gasteiger charge is -2.16. The number of hydrogen-bond acceptors (Lipinski definition) is 4. The highest BCUT2D eigenvalue weighted by atomic mass is 79.9. The number of rotatable bonds is 5. The van der Waals surface area contributed by atoms with Crippen LogP contribution in [0.2, 0.25) is 5.02 Å². The molecule has 1 heterocycles. The number of anilines is 1. The molecule has 2 aromatic rings. The van der Waals surface area contributed by atoms with Gasteiger partial charge in [0.15, 0.2) is 0 Å². The maximum atomic E-state index is 12.5. The Morgan fingerprint density at radius 1 is 1.24 bits per heavy atom. The van der Waals surface area contributed by atoms with Gasteiger partial charge in [0.2, 0.25) is 0 Å². The van der Waals surface area contributed by atoms with Gasteiger partial charge in [-0.3, -0.25) is 4.72 Å². The van der Waals surface area contributed by atoms with Crippen LogP contribution in [0, 0.1) is 0 Å². The van der Waals surface area contributed by atoms with Crippen molar-refractivity contribution >= 4 is 43.2 Å². The molecule has 0 amide bonds. The molecule has 8 heteroatoms. The first kappa shape index (κ1) is 18.5. The number of nitrogens with one attached hydrogen (secondary N) is 1. The van der Waals surface area contributed by atoms with Gasteiger partial charge in [-0.05, 0) is 49.9 Å². The van der Waals surface area contributed by atoms with Gasteiger partial charge in [-0.25, -0.2) is 8.42 Å². The first-order valence-corrected chi connectivity index (χ1v) is 10.4. The summed E-state index contributed by atoms with van der Waals surface area (Å²) in [4.78, 5) is 2.36.